The normalized spacial score (nSPS) is 18.5. The summed E-state index contributed by atoms with van der Waals surface area (Å²) in [5.41, 5.74) is 0. The SMILES string of the molecule is CCCCO[Si](C)(C)CCCN1CCOCC1. The van der Waals surface area contributed by atoms with Crippen molar-refractivity contribution in [1.82, 2.24) is 4.90 Å². The van der Waals surface area contributed by atoms with E-state index in [1.165, 1.54) is 31.9 Å². The maximum atomic E-state index is 6.05. The summed E-state index contributed by atoms with van der Waals surface area (Å²) in [6.07, 6.45) is 3.73. The molecule has 1 saturated heterocycles. The molecule has 0 aliphatic carbocycles. The van der Waals surface area contributed by atoms with Gasteiger partial charge in [0.15, 0.2) is 8.32 Å². The van der Waals surface area contributed by atoms with Crippen LogP contribution in [0.3, 0.4) is 0 Å². The Morgan fingerprint density at radius 1 is 1.18 bits per heavy atom. The van der Waals surface area contributed by atoms with E-state index in [0.717, 1.165) is 32.9 Å². The lowest BCUT2D eigenvalue weighted by Crippen LogP contribution is -2.38. The summed E-state index contributed by atoms with van der Waals surface area (Å²) >= 11 is 0. The van der Waals surface area contributed by atoms with E-state index >= 15 is 0 Å². The molecule has 0 amide bonds. The molecule has 0 atom stereocenters. The second-order valence-corrected chi connectivity index (χ2v) is 9.83. The van der Waals surface area contributed by atoms with Gasteiger partial charge in [0.1, 0.15) is 0 Å². The predicted molar refractivity (Wildman–Crippen MR) is 75.0 cm³/mol. The highest BCUT2D eigenvalue weighted by Crippen LogP contribution is 2.15. The Balaban J connectivity index is 2.06. The second kappa shape index (κ2) is 8.24. The van der Waals surface area contributed by atoms with E-state index in [4.69, 9.17) is 9.16 Å². The van der Waals surface area contributed by atoms with E-state index in [-0.39, 0.29) is 0 Å². The molecule has 0 saturated carbocycles. The topological polar surface area (TPSA) is 21.7 Å². The average molecular weight is 259 g/mol. The molecule has 0 aromatic heterocycles. The van der Waals surface area contributed by atoms with E-state index in [0.29, 0.717) is 0 Å². The van der Waals surface area contributed by atoms with Crippen molar-refractivity contribution < 1.29 is 9.16 Å². The number of hydrogen-bond donors (Lipinski definition) is 0. The summed E-state index contributed by atoms with van der Waals surface area (Å²) in [4.78, 5) is 2.51. The van der Waals surface area contributed by atoms with Gasteiger partial charge >= 0.3 is 0 Å². The van der Waals surface area contributed by atoms with Gasteiger partial charge in [-0.3, -0.25) is 4.90 Å². The van der Waals surface area contributed by atoms with Crippen LogP contribution >= 0.6 is 0 Å². The van der Waals surface area contributed by atoms with Gasteiger partial charge in [-0.05, 0) is 38.5 Å². The summed E-state index contributed by atoms with van der Waals surface area (Å²) in [5, 5.41) is 0. The molecule has 0 N–H and O–H groups in total. The monoisotopic (exact) mass is 259 g/mol. The number of morpholine rings is 1. The zero-order chi connectivity index (χ0) is 12.6. The van der Waals surface area contributed by atoms with Crippen LogP contribution in [0, 0.1) is 0 Å². The minimum Gasteiger partial charge on any atom is -0.417 e. The predicted octanol–water partition coefficient (Wildman–Crippen LogP) is 2.73. The lowest BCUT2D eigenvalue weighted by molar-refractivity contribution is 0.0378. The molecule has 0 bridgehead atoms. The standard InChI is InChI=1S/C13H29NO2Si/c1-4-5-10-16-17(2,3)13-6-7-14-8-11-15-12-9-14/h4-13H2,1-3H3. The smallest absolute Gasteiger partial charge is 0.186 e. The van der Waals surface area contributed by atoms with E-state index in [2.05, 4.69) is 24.9 Å². The molecule has 0 aromatic carbocycles. The fourth-order valence-electron chi connectivity index (χ4n) is 2.12. The van der Waals surface area contributed by atoms with Gasteiger partial charge in [-0.1, -0.05) is 13.3 Å². The summed E-state index contributed by atoms with van der Waals surface area (Å²) in [6.45, 7) is 13.1. The third kappa shape index (κ3) is 7.19. The first-order valence-corrected chi connectivity index (χ1v) is 10.2. The van der Waals surface area contributed by atoms with Gasteiger partial charge in [-0.25, -0.2) is 0 Å². The highest BCUT2D eigenvalue weighted by atomic mass is 28.4. The molecule has 0 unspecified atom stereocenters. The number of hydrogen-bond acceptors (Lipinski definition) is 3. The largest absolute Gasteiger partial charge is 0.417 e. The third-order valence-corrected chi connectivity index (χ3v) is 5.89. The molecule has 3 nitrogen and oxygen atoms in total. The number of nitrogens with zero attached hydrogens (tertiary/aromatic N) is 1. The molecule has 0 spiro atoms. The lowest BCUT2D eigenvalue weighted by Gasteiger charge is -2.28. The van der Waals surface area contributed by atoms with Crippen molar-refractivity contribution in [1.29, 1.82) is 0 Å². The molecule has 17 heavy (non-hydrogen) atoms. The molecule has 4 heteroatoms. The first kappa shape index (κ1) is 15.2. The molecule has 0 aromatic rings. The Morgan fingerprint density at radius 3 is 2.53 bits per heavy atom. The molecule has 1 fully saturated rings. The molecule has 1 aliphatic heterocycles. The zero-order valence-electron chi connectivity index (χ0n) is 11.8. The zero-order valence-corrected chi connectivity index (χ0v) is 12.8. The van der Waals surface area contributed by atoms with Crippen LogP contribution in [0.2, 0.25) is 19.1 Å². The Bertz CT molecular complexity index is 194. The number of unbranched alkanes of at least 4 members (excludes halogenated alkanes) is 1. The minimum atomic E-state index is -1.38. The van der Waals surface area contributed by atoms with Crippen LogP contribution in [0.5, 0.6) is 0 Å². The van der Waals surface area contributed by atoms with E-state index < -0.39 is 8.32 Å². The van der Waals surface area contributed by atoms with Crippen LogP contribution < -0.4 is 0 Å². The summed E-state index contributed by atoms with van der Waals surface area (Å²) < 4.78 is 11.4. The van der Waals surface area contributed by atoms with Gasteiger partial charge in [-0.15, -0.1) is 0 Å². The molecular weight excluding hydrogens is 230 g/mol. The van der Waals surface area contributed by atoms with Crippen LogP contribution in [0.25, 0.3) is 0 Å². The fourth-order valence-corrected chi connectivity index (χ4v) is 3.97. The van der Waals surface area contributed by atoms with E-state index in [1.807, 2.05) is 0 Å². The van der Waals surface area contributed by atoms with Crippen LogP contribution in [0.15, 0.2) is 0 Å². The van der Waals surface area contributed by atoms with Crippen LogP contribution in [0.4, 0.5) is 0 Å². The third-order valence-electron chi connectivity index (χ3n) is 3.35. The summed E-state index contributed by atoms with van der Waals surface area (Å²) in [6, 6.07) is 1.29. The Hall–Kier alpha value is 0.0969. The second-order valence-electron chi connectivity index (χ2n) is 5.52. The summed E-state index contributed by atoms with van der Waals surface area (Å²) in [7, 11) is -1.38. The van der Waals surface area contributed by atoms with Gasteiger partial charge in [0.25, 0.3) is 0 Å². The Labute approximate surface area is 108 Å². The minimum absolute atomic E-state index is 0.911. The Morgan fingerprint density at radius 2 is 1.88 bits per heavy atom. The van der Waals surface area contributed by atoms with Gasteiger partial charge in [0.05, 0.1) is 13.2 Å². The molecule has 102 valence electrons. The van der Waals surface area contributed by atoms with Gasteiger partial charge in [0, 0.05) is 19.7 Å². The Kier molecular flexibility index (Phi) is 7.35. The summed E-state index contributed by atoms with van der Waals surface area (Å²) in [5.74, 6) is 0. The first-order valence-electron chi connectivity index (χ1n) is 7.08. The van der Waals surface area contributed by atoms with Crippen molar-refractivity contribution in [2.24, 2.45) is 0 Å². The molecule has 1 heterocycles. The van der Waals surface area contributed by atoms with E-state index in [1.54, 1.807) is 0 Å². The van der Waals surface area contributed by atoms with Crippen molar-refractivity contribution >= 4 is 8.32 Å². The van der Waals surface area contributed by atoms with Gasteiger partial charge < -0.3 is 9.16 Å². The molecule has 1 rings (SSSR count). The highest BCUT2D eigenvalue weighted by Gasteiger charge is 2.22. The molecule has 0 radical (unpaired) electrons. The van der Waals surface area contributed by atoms with Crippen LogP contribution in [0.1, 0.15) is 26.2 Å². The highest BCUT2D eigenvalue weighted by molar-refractivity contribution is 6.71. The molecule has 1 aliphatic rings. The average Bonchev–Trinajstić information content (AvgIpc) is 2.30. The maximum absolute atomic E-state index is 6.05. The van der Waals surface area contributed by atoms with Crippen molar-refractivity contribution in [2.75, 3.05) is 39.5 Å². The van der Waals surface area contributed by atoms with Crippen molar-refractivity contribution in [3.05, 3.63) is 0 Å². The van der Waals surface area contributed by atoms with Crippen molar-refractivity contribution in [3.63, 3.8) is 0 Å². The first-order chi connectivity index (χ1) is 8.14. The van der Waals surface area contributed by atoms with E-state index in [9.17, 15) is 0 Å². The molecular formula is C13H29NO2Si. The van der Waals surface area contributed by atoms with Crippen LogP contribution in [-0.2, 0) is 9.16 Å². The van der Waals surface area contributed by atoms with Gasteiger partial charge in [0.2, 0.25) is 0 Å². The number of ether oxygens (including phenoxy) is 1. The maximum Gasteiger partial charge on any atom is 0.186 e. The quantitative estimate of drug-likeness (QED) is 0.494. The fraction of sp³-hybridized carbons (Fsp3) is 1.00. The number of rotatable bonds is 8. The van der Waals surface area contributed by atoms with Crippen molar-refractivity contribution in [2.45, 2.75) is 45.3 Å². The lowest BCUT2D eigenvalue weighted by atomic mass is 10.3. The van der Waals surface area contributed by atoms with Crippen LogP contribution in [-0.4, -0.2) is 52.7 Å². The van der Waals surface area contributed by atoms with Crippen molar-refractivity contribution in [3.8, 4) is 0 Å². The van der Waals surface area contributed by atoms with Gasteiger partial charge in [-0.2, -0.15) is 0 Å².